The largest absolute Gasteiger partial charge is 0.481 e. The van der Waals surface area contributed by atoms with Gasteiger partial charge in [0.15, 0.2) is 11.6 Å². The molecule has 0 N–H and O–H groups in total. The molecule has 4 nitrogen and oxygen atoms in total. The fourth-order valence-corrected chi connectivity index (χ4v) is 22.7. The van der Waals surface area contributed by atoms with Crippen LogP contribution >= 0.6 is 56.7 Å². The SMILES string of the molecule is CCCCCCCCCCCCC1(CCCCCCCCCCCC)Oc2ccsc2-c2sc(-c3sc(-c4cc5c(s4)-c4sccc4OC5(CCCCCCCCCCCC)CCCCCCCCCCCC)c4c3C(=O)c3cc(CCCCCC)c(CCCCCC)cc3C4=O)cc21. The van der Waals surface area contributed by atoms with Crippen molar-refractivity contribution in [2.75, 3.05) is 0 Å². The standard InChI is InChI=1S/C90H134O4S5/c1-7-13-19-25-29-33-37-41-45-51-59-89(60-52-46-42-38-34-30-26-20-14-8-2)73-67-77(97-83(73)85-75(93-89)57-63-95-85)87-79-80(82(92)72-66-70(56-50-24-18-12-6)69(55-49-23-17-11-5)65-71(72)81(79)91)88(99-87)78-68-74-84(98-78)86-76(58-64-96-86)94-90(74,61-53-47-43-39-35-31-27-21-15-9-3)62-54-48-44-40-36-32-28-22-16-10-4/h57-58,63-68H,7-56,59-62H2,1-6H3. The Morgan fingerprint density at radius 1 is 0.293 bits per heavy atom. The van der Waals surface area contributed by atoms with Gasteiger partial charge in [-0.3, -0.25) is 9.59 Å². The van der Waals surface area contributed by atoms with Crippen LogP contribution in [0.1, 0.15) is 430 Å². The van der Waals surface area contributed by atoms with Crippen molar-refractivity contribution in [3.8, 4) is 50.5 Å². The van der Waals surface area contributed by atoms with Crippen molar-refractivity contribution in [2.45, 2.75) is 399 Å². The average Bonchev–Trinajstić information content (AvgIpc) is 1.57. The number of fused-ring (bicyclic) bond motifs is 8. The molecule has 7 heterocycles. The maximum atomic E-state index is 16.4. The van der Waals surface area contributed by atoms with E-state index in [-0.39, 0.29) is 11.6 Å². The van der Waals surface area contributed by atoms with Crippen molar-refractivity contribution in [2.24, 2.45) is 0 Å². The highest BCUT2D eigenvalue weighted by atomic mass is 32.1. The van der Waals surface area contributed by atoms with Crippen molar-refractivity contribution in [1.82, 2.24) is 0 Å². The van der Waals surface area contributed by atoms with Crippen LogP contribution in [0.2, 0.25) is 0 Å². The van der Waals surface area contributed by atoms with Gasteiger partial charge in [-0.1, -0.05) is 311 Å². The normalized spacial score (nSPS) is 14.1. The van der Waals surface area contributed by atoms with Gasteiger partial charge in [0, 0.05) is 32.0 Å². The van der Waals surface area contributed by atoms with Gasteiger partial charge in [-0.2, -0.15) is 0 Å². The third-order valence-corrected chi connectivity index (χ3v) is 28.6. The Morgan fingerprint density at radius 3 is 0.838 bits per heavy atom. The van der Waals surface area contributed by atoms with E-state index in [1.54, 1.807) is 34.0 Å². The summed E-state index contributed by atoms with van der Waals surface area (Å²) in [6, 6.07) is 13.9. The highest BCUT2D eigenvalue weighted by Gasteiger charge is 2.46. The van der Waals surface area contributed by atoms with Gasteiger partial charge in [0.1, 0.15) is 22.7 Å². The molecule has 548 valence electrons. The molecule has 1 aromatic carbocycles. The van der Waals surface area contributed by atoms with E-state index in [1.807, 2.05) is 22.7 Å². The zero-order valence-electron chi connectivity index (χ0n) is 63.5. The van der Waals surface area contributed by atoms with Crippen LogP contribution < -0.4 is 9.47 Å². The summed E-state index contributed by atoms with van der Waals surface area (Å²) in [5.74, 6) is 2.13. The number of benzene rings is 1. The number of carbonyl (C=O) groups is 2. The van der Waals surface area contributed by atoms with Crippen LogP contribution in [0.4, 0.5) is 0 Å². The van der Waals surface area contributed by atoms with Crippen molar-refractivity contribution < 1.29 is 19.1 Å². The predicted octanol–water partition coefficient (Wildman–Crippen LogP) is 32.1. The smallest absolute Gasteiger partial charge is 0.196 e. The number of unbranched alkanes of at least 4 members (excludes halogenated alkanes) is 42. The van der Waals surface area contributed by atoms with Crippen molar-refractivity contribution in [1.29, 1.82) is 0 Å². The third kappa shape index (κ3) is 22.4. The molecule has 0 fully saturated rings. The first-order chi connectivity index (χ1) is 48.7. The fourth-order valence-electron chi connectivity index (χ4n) is 16.7. The van der Waals surface area contributed by atoms with Gasteiger partial charge in [0.05, 0.1) is 40.4 Å². The lowest BCUT2D eigenvalue weighted by Crippen LogP contribution is -2.35. The summed E-state index contributed by atoms with van der Waals surface area (Å²) >= 11 is 9.11. The zero-order chi connectivity index (χ0) is 69.3. The number of rotatable bonds is 56. The number of aryl methyl sites for hydroxylation is 2. The van der Waals surface area contributed by atoms with E-state index in [1.165, 1.54) is 311 Å². The van der Waals surface area contributed by atoms with Crippen molar-refractivity contribution in [3.05, 3.63) is 91.7 Å². The van der Waals surface area contributed by atoms with Gasteiger partial charge in [0.25, 0.3) is 0 Å². The molecule has 0 unspecified atom stereocenters. The molecule has 2 aliphatic heterocycles. The van der Waals surface area contributed by atoms with E-state index in [0.717, 1.165) is 108 Å². The summed E-state index contributed by atoms with van der Waals surface area (Å²) in [7, 11) is 0. The number of thiophene rings is 5. The van der Waals surface area contributed by atoms with E-state index in [2.05, 4.69) is 88.7 Å². The highest BCUT2D eigenvalue weighted by Crippen LogP contribution is 2.61. The van der Waals surface area contributed by atoms with E-state index in [9.17, 15) is 0 Å². The molecule has 6 aromatic rings. The molecule has 1 aliphatic carbocycles. The van der Waals surface area contributed by atoms with Crippen LogP contribution in [0.3, 0.4) is 0 Å². The van der Waals surface area contributed by atoms with Crippen molar-refractivity contribution >= 4 is 68.3 Å². The van der Waals surface area contributed by atoms with Gasteiger partial charge in [0.2, 0.25) is 0 Å². The topological polar surface area (TPSA) is 52.6 Å². The van der Waals surface area contributed by atoms with Crippen LogP contribution in [0.25, 0.3) is 39.0 Å². The van der Waals surface area contributed by atoms with Crippen LogP contribution in [0.15, 0.2) is 47.2 Å². The van der Waals surface area contributed by atoms with Crippen molar-refractivity contribution in [3.63, 3.8) is 0 Å². The Bertz CT molecular complexity index is 3020. The maximum absolute atomic E-state index is 16.4. The monoisotopic (exact) mass is 1440 g/mol. The van der Waals surface area contributed by atoms with E-state index in [4.69, 9.17) is 9.47 Å². The second-order valence-electron chi connectivity index (χ2n) is 30.8. The summed E-state index contributed by atoms with van der Waals surface area (Å²) in [6.45, 7) is 13.8. The van der Waals surface area contributed by atoms with Gasteiger partial charge in [-0.25, -0.2) is 0 Å². The minimum atomic E-state index is -0.456. The molecule has 0 bridgehead atoms. The molecule has 0 spiro atoms. The zero-order valence-corrected chi connectivity index (χ0v) is 67.6. The number of hydrogen-bond acceptors (Lipinski definition) is 9. The summed E-state index contributed by atoms with van der Waals surface area (Å²) in [5.41, 5.74) is 6.81. The number of ether oxygens (including phenoxy) is 2. The molecule has 5 aromatic heterocycles. The molecule has 0 saturated heterocycles. The van der Waals surface area contributed by atoms with E-state index >= 15 is 9.59 Å². The van der Waals surface area contributed by atoms with Gasteiger partial charge in [-0.15, -0.1) is 56.7 Å². The summed E-state index contributed by atoms with van der Waals surface area (Å²) in [5, 5.41) is 4.47. The van der Waals surface area contributed by atoms with Gasteiger partial charge < -0.3 is 9.47 Å². The van der Waals surface area contributed by atoms with Crippen LogP contribution in [0, 0.1) is 0 Å². The maximum Gasteiger partial charge on any atom is 0.196 e. The molecule has 99 heavy (non-hydrogen) atoms. The Labute approximate surface area is 624 Å². The third-order valence-electron chi connectivity index (χ3n) is 22.7. The molecule has 0 saturated carbocycles. The molecular formula is C90H134O4S5. The second-order valence-corrected chi connectivity index (χ2v) is 35.8. The quantitative estimate of drug-likeness (QED) is 0.0357. The average molecular weight is 1440 g/mol. The first kappa shape index (κ1) is 79.8. The van der Waals surface area contributed by atoms with E-state index < -0.39 is 11.2 Å². The minimum absolute atomic E-state index is 0.0346. The Kier molecular flexibility index (Phi) is 35.3. The lowest BCUT2D eigenvalue weighted by Gasteiger charge is -2.38. The van der Waals surface area contributed by atoms with Crippen LogP contribution in [-0.4, -0.2) is 11.6 Å². The van der Waals surface area contributed by atoms with Gasteiger partial charge >= 0.3 is 0 Å². The van der Waals surface area contributed by atoms with Crippen LogP contribution in [-0.2, 0) is 24.0 Å². The fraction of sp³-hybridized carbons (Fsp3) is 0.689. The second kappa shape index (κ2) is 43.8. The minimum Gasteiger partial charge on any atom is -0.481 e. The molecule has 0 atom stereocenters. The molecule has 9 heteroatoms. The first-order valence-corrected chi connectivity index (χ1v) is 46.2. The molecular weight excluding hydrogens is 1310 g/mol. The highest BCUT2D eigenvalue weighted by molar-refractivity contribution is 7.30. The molecule has 0 amide bonds. The predicted molar refractivity (Wildman–Crippen MR) is 437 cm³/mol. The summed E-state index contributed by atoms with van der Waals surface area (Å²) in [6.07, 6.45) is 67.5. The summed E-state index contributed by atoms with van der Waals surface area (Å²) < 4.78 is 15.2. The van der Waals surface area contributed by atoms with Gasteiger partial charge in [-0.05, 0) is 135 Å². The lowest BCUT2D eigenvalue weighted by molar-refractivity contribution is 0.0395. The molecule has 0 radical (unpaired) electrons. The van der Waals surface area contributed by atoms with Crippen LogP contribution in [0.5, 0.6) is 11.5 Å². The first-order valence-electron chi connectivity index (χ1n) is 42.0. The number of hydrogen-bond donors (Lipinski definition) is 0. The molecule has 9 rings (SSSR count). The lowest BCUT2D eigenvalue weighted by atomic mass is 9.79. The Morgan fingerprint density at radius 2 is 0.556 bits per heavy atom. The number of carbonyl (C=O) groups excluding carboxylic acids is 2. The van der Waals surface area contributed by atoms with E-state index in [0.29, 0.717) is 22.3 Å². The Balaban J connectivity index is 1.12. The molecule has 3 aliphatic rings. The Hall–Kier alpha value is -3.34. The number of ketones is 2. The summed E-state index contributed by atoms with van der Waals surface area (Å²) in [4.78, 5) is 42.0.